The quantitative estimate of drug-likeness (QED) is 0.723. The zero-order valence-corrected chi connectivity index (χ0v) is 10.2. The first kappa shape index (κ1) is 12.9. The van der Waals surface area contributed by atoms with E-state index in [4.69, 9.17) is 10.8 Å². The summed E-state index contributed by atoms with van der Waals surface area (Å²) in [7, 11) is 0. The Balaban J connectivity index is 2.35. The van der Waals surface area contributed by atoms with Crippen LogP contribution in [0.1, 0.15) is 39.5 Å². The fourth-order valence-corrected chi connectivity index (χ4v) is 2.56. The fourth-order valence-electron chi connectivity index (χ4n) is 2.56. The Kier molecular flexibility index (Phi) is 5.03. The summed E-state index contributed by atoms with van der Waals surface area (Å²) in [6.07, 6.45) is 5.17. The lowest BCUT2D eigenvalue weighted by Crippen LogP contribution is -2.46. The van der Waals surface area contributed by atoms with E-state index in [9.17, 15) is 0 Å². The van der Waals surface area contributed by atoms with Crippen LogP contribution in [0.15, 0.2) is 0 Å². The lowest BCUT2D eigenvalue weighted by atomic mass is 9.74. The third-order valence-electron chi connectivity index (χ3n) is 4.14. The number of nitrogens with two attached hydrogens (primary N) is 1. The number of hydrogen-bond donors (Lipinski definition) is 2. The molecule has 3 heteroatoms. The minimum absolute atomic E-state index is 0.0687. The molecule has 1 rings (SSSR count). The molecule has 0 aliphatic carbocycles. The Hall–Kier alpha value is -0.120. The van der Waals surface area contributed by atoms with E-state index in [1.807, 2.05) is 0 Å². The molecular formula is C12H26N2O. The van der Waals surface area contributed by atoms with Crippen molar-refractivity contribution < 1.29 is 5.11 Å². The maximum Gasteiger partial charge on any atom is 0.0595 e. The van der Waals surface area contributed by atoms with Crippen LogP contribution in [0, 0.1) is 5.41 Å². The Bertz CT molecular complexity index is 170. The molecule has 1 saturated heterocycles. The SMILES string of the molecule is CCC1(CC)CCN(CC(N)CO)CC1. The third-order valence-corrected chi connectivity index (χ3v) is 4.14. The van der Waals surface area contributed by atoms with Crippen LogP contribution in [0.2, 0.25) is 0 Å². The van der Waals surface area contributed by atoms with Gasteiger partial charge in [0.2, 0.25) is 0 Å². The first-order valence-electron chi connectivity index (χ1n) is 6.24. The molecule has 1 fully saturated rings. The van der Waals surface area contributed by atoms with Crippen LogP contribution in [-0.2, 0) is 0 Å². The third kappa shape index (κ3) is 3.44. The number of aliphatic hydroxyl groups is 1. The van der Waals surface area contributed by atoms with Crippen molar-refractivity contribution in [2.75, 3.05) is 26.2 Å². The van der Waals surface area contributed by atoms with Crippen LogP contribution in [0.5, 0.6) is 0 Å². The van der Waals surface area contributed by atoms with Gasteiger partial charge in [0.05, 0.1) is 6.61 Å². The summed E-state index contributed by atoms with van der Waals surface area (Å²) in [6, 6.07) is -0.0687. The topological polar surface area (TPSA) is 49.5 Å². The van der Waals surface area contributed by atoms with E-state index >= 15 is 0 Å². The normalized spacial score (nSPS) is 24.0. The molecule has 15 heavy (non-hydrogen) atoms. The van der Waals surface area contributed by atoms with E-state index in [2.05, 4.69) is 18.7 Å². The van der Waals surface area contributed by atoms with Gasteiger partial charge in [0.1, 0.15) is 0 Å². The van der Waals surface area contributed by atoms with Gasteiger partial charge < -0.3 is 15.7 Å². The minimum atomic E-state index is -0.0687. The highest BCUT2D eigenvalue weighted by Gasteiger charge is 2.31. The van der Waals surface area contributed by atoms with Crippen molar-refractivity contribution in [3.05, 3.63) is 0 Å². The number of hydrogen-bond acceptors (Lipinski definition) is 3. The van der Waals surface area contributed by atoms with E-state index in [-0.39, 0.29) is 12.6 Å². The number of nitrogens with zero attached hydrogens (tertiary/aromatic N) is 1. The molecule has 0 saturated carbocycles. The van der Waals surface area contributed by atoms with Gasteiger partial charge in [-0.2, -0.15) is 0 Å². The molecule has 1 aliphatic heterocycles. The zero-order chi connectivity index (χ0) is 11.3. The Morgan fingerprint density at radius 2 is 1.80 bits per heavy atom. The molecule has 0 aromatic carbocycles. The predicted molar refractivity (Wildman–Crippen MR) is 63.8 cm³/mol. The second-order valence-electron chi connectivity index (χ2n) is 4.95. The maximum absolute atomic E-state index is 8.91. The molecule has 0 radical (unpaired) electrons. The van der Waals surface area contributed by atoms with Gasteiger partial charge in [-0.1, -0.05) is 26.7 Å². The van der Waals surface area contributed by atoms with E-state index in [1.54, 1.807) is 0 Å². The molecule has 1 atom stereocenters. The second-order valence-corrected chi connectivity index (χ2v) is 4.95. The summed E-state index contributed by atoms with van der Waals surface area (Å²) in [5.74, 6) is 0. The van der Waals surface area contributed by atoms with Crippen LogP contribution in [0.25, 0.3) is 0 Å². The van der Waals surface area contributed by atoms with E-state index in [0.717, 1.165) is 19.6 Å². The first-order valence-corrected chi connectivity index (χ1v) is 6.24. The smallest absolute Gasteiger partial charge is 0.0595 e. The summed E-state index contributed by atoms with van der Waals surface area (Å²) in [5.41, 5.74) is 6.33. The molecule has 0 aromatic heterocycles. The lowest BCUT2D eigenvalue weighted by Gasteiger charge is -2.41. The second kappa shape index (κ2) is 5.83. The predicted octanol–water partition coefficient (Wildman–Crippen LogP) is 1.21. The van der Waals surface area contributed by atoms with E-state index in [0.29, 0.717) is 5.41 Å². The highest BCUT2D eigenvalue weighted by atomic mass is 16.3. The van der Waals surface area contributed by atoms with Crippen molar-refractivity contribution in [2.24, 2.45) is 11.1 Å². The van der Waals surface area contributed by atoms with Gasteiger partial charge in [0, 0.05) is 12.6 Å². The van der Waals surface area contributed by atoms with Crippen molar-refractivity contribution >= 4 is 0 Å². The highest BCUT2D eigenvalue weighted by molar-refractivity contribution is 4.84. The highest BCUT2D eigenvalue weighted by Crippen LogP contribution is 2.37. The molecule has 3 nitrogen and oxygen atoms in total. The first-order chi connectivity index (χ1) is 7.15. The number of likely N-dealkylation sites (tertiary alicyclic amines) is 1. The maximum atomic E-state index is 8.91. The van der Waals surface area contributed by atoms with E-state index < -0.39 is 0 Å². The average Bonchev–Trinajstić information content (AvgIpc) is 2.30. The van der Waals surface area contributed by atoms with Gasteiger partial charge in [0.15, 0.2) is 0 Å². The molecule has 90 valence electrons. The van der Waals surface area contributed by atoms with Gasteiger partial charge in [-0.25, -0.2) is 0 Å². The van der Waals surface area contributed by atoms with Gasteiger partial charge in [-0.15, -0.1) is 0 Å². The minimum Gasteiger partial charge on any atom is -0.395 e. The summed E-state index contributed by atoms with van der Waals surface area (Å²) >= 11 is 0. The molecule has 0 aromatic rings. The van der Waals surface area contributed by atoms with Crippen LogP contribution in [0.4, 0.5) is 0 Å². The Labute approximate surface area is 93.6 Å². The van der Waals surface area contributed by atoms with Crippen LogP contribution in [-0.4, -0.2) is 42.3 Å². The van der Waals surface area contributed by atoms with Crippen molar-refractivity contribution in [1.29, 1.82) is 0 Å². The molecule has 1 aliphatic rings. The van der Waals surface area contributed by atoms with Gasteiger partial charge in [-0.3, -0.25) is 0 Å². The van der Waals surface area contributed by atoms with Crippen molar-refractivity contribution in [3.63, 3.8) is 0 Å². The molecular weight excluding hydrogens is 188 g/mol. The van der Waals surface area contributed by atoms with Crippen LogP contribution >= 0.6 is 0 Å². The largest absolute Gasteiger partial charge is 0.395 e. The van der Waals surface area contributed by atoms with Crippen molar-refractivity contribution in [1.82, 2.24) is 4.90 Å². The Morgan fingerprint density at radius 3 is 2.20 bits per heavy atom. The zero-order valence-electron chi connectivity index (χ0n) is 10.2. The number of rotatable bonds is 5. The van der Waals surface area contributed by atoms with E-state index in [1.165, 1.54) is 25.7 Å². The lowest BCUT2D eigenvalue weighted by molar-refractivity contribution is 0.0855. The molecule has 1 heterocycles. The number of piperidine rings is 1. The molecule has 0 bridgehead atoms. The summed E-state index contributed by atoms with van der Waals surface area (Å²) in [6.45, 7) is 7.85. The average molecular weight is 214 g/mol. The monoisotopic (exact) mass is 214 g/mol. The van der Waals surface area contributed by atoms with Gasteiger partial charge in [-0.05, 0) is 31.3 Å². The number of aliphatic hydroxyl groups excluding tert-OH is 1. The van der Waals surface area contributed by atoms with Crippen LogP contribution in [0.3, 0.4) is 0 Å². The molecule has 3 N–H and O–H groups in total. The van der Waals surface area contributed by atoms with Crippen LogP contribution < -0.4 is 5.73 Å². The Morgan fingerprint density at radius 1 is 1.27 bits per heavy atom. The molecule has 0 spiro atoms. The summed E-state index contributed by atoms with van der Waals surface area (Å²) in [4.78, 5) is 2.39. The van der Waals surface area contributed by atoms with Gasteiger partial charge in [0.25, 0.3) is 0 Å². The summed E-state index contributed by atoms with van der Waals surface area (Å²) < 4.78 is 0. The fraction of sp³-hybridized carbons (Fsp3) is 1.00. The summed E-state index contributed by atoms with van der Waals surface area (Å²) in [5, 5.41) is 8.91. The van der Waals surface area contributed by atoms with Crippen molar-refractivity contribution in [2.45, 2.75) is 45.6 Å². The van der Waals surface area contributed by atoms with Gasteiger partial charge >= 0.3 is 0 Å². The van der Waals surface area contributed by atoms with Crippen molar-refractivity contribution in [3.8, 4) is 0 Å². The molecule has 0 amide bonds. The standard InChI is InChI=1S/C12H26N2O/c1-3-12(4-2)5-7-14(8-6-12)9-11(13)10-15/h11,15H,3-10,13H2,1-2H3. The molecule has 1 unspecified atom stereocenters.